The summed E-state index contributed by atoms with van der Waals surface area (Å²) in [7, 11) is -4.38. The van der Waals surface area contributed by atoms with Crippen molar-refractivity contribution in [3.8, 4) is 11.1 Å². The minimum atomic E-state index is -4.38. The Morgan fingerprint density at radius 2 is 1.05 bits per heavy atom. The lowest BCUT2D eigenvalue weighted by molar-refractivity contribution is -0.258. The number of sulfonamides is 1. The van der Waals surface area contributed by atoms with Crippen molar-refractivity contribution < 1.29 is 46.5 Å². The van der Waals surface area contributed by atoms with Crippen molar-refractivity contribution in [1.82, 2.24) is 20.0 Å². The van der Waals surface area contributed by atoms with Crippen LogP contribution in [0, 0.1) is 25.7 Å². The van der Waals surface area contributed by atoms with Crippen molar-refractivity contribution >= 4 is 80.5 Å². The van der Waals surface area contributed by atoms with E-state index in [4.69, 9.17) is 9.32 Å². The van der Waals surface area contributed by atoms with Crippen molar-refractivity contribution in [2.24, 2.45) is 32.3 Å². The number of hydrogen-bond acceptors (Lipinski definition) is 16. The average Bonchev–Trinajstić information content (AvgIpc) is 3.45. The maximum Gasteiger partial charge on any atom is 0.338 e. The Balaban J connectivity index is 1.18. The summed E-state index contributed by atoms with van der Waals surface area (Å²) in [4.78, 5) is 92.2. The number of barbiturate groups is 2. The summed E-state index contributed by atoms with van der Waals surface area (Å²) in [6.07, 6.45) is 8.09. The number of aryl methyl sites for hydroxylation is 2. The van der Waals surface area contributed by atoms with Crippen LogP contribution in [0.3, 0.4) is 0 Å². The summed E-state index contributed by atoms with van der Waals surface area (Å²) in [5.74, 6) is -3.12. The SMILES string of the molecule is CCCN1C(=O)C(N=Nc2ccc(-c3ccc(N=NC4C(=O)N(CCC)C(=O)N(c5ccc(C)cc5)C4=O)cc3S(=O)(=O)NC3CCCCC3C)c(SOONC3CCCCC3C)c2)C(=O)N(c2ccc(C)cc2)C1=O. The van der Waals surface area contributed by atoms with Gasteiger partial charge in [0.25, 0.3) is 23.6 Å². The number of amides is 8. The molecule has 8 rings (SSSR count). The molecule has 4 fully saturated rings. The number of anilines is 2. The van der Waals surface area contributed by atoms with E-state index in [0.717, 1.165) is 87.7 Å². The first-order chi connectivity index (χ1) is 36.5. The highest BCUT2D eigenvalue weighted by Gasteiger charge is 2.48. The summed E-state index contributed by atoms with van der Waals surface area (Å²) < 4.78 is 38.4. The molecule has 4 aliphatic rings. The van der Waals surface area contributed by atoms with Gasteiger partial charge in [0.05, 0.1) is 39.7 Å². The molecule has 2 N–H and O–H groups in total. The van der Waals surface area contributed by atoms with Crippen molar-refractivity contribution in [3.63, 3.8) is 0 Å². The number of hydroxylamine groups is 1. The first-order valence-electron chi connectivity index (χ1n) is 25.9. The Hall–Kier alpha value is -6.56. The van der Waals surface area contributed by atoms with Gasteiger partial charge in [0, 0.05) is 35.6 Å². The van der Waals surface area contributed by atoms with Crippen LogP contribution in [0.2, 0.25) is 0 Å². The summed E-state index contributed by atoms with van der Waals surface area (Å²) in [6, 6.07) is 16.9. The number of benzene rings is 4. The van der Waals surface area contributed by atoms with Crippen LogP contribution in [0.5, 0.6) is 0 Å². The third-order valence-electron chi connectivity index (χ3n) is 14.2. The number of hydrogen-bond donors (Lipinski definition) is 2. The number of carbonyl (C=O) groups is 6. The quantitative estimate of drug-likeness (QED) is 0.0223. The van der Waals surface area contributed by atoms with Gasteiger partial charge >= 0.3 is 12.1 Å². The molecule has 6 unspecified atom stereocenters. The van der Waals surface area contributed by atoms with Gasteiger partial charge in [-0.15, -0.1) is 9.32 Å². The van der Waals surface area contributed by atoms with E-state index in [0.29, 0.717) is 30.7 Å². The molecule has 0 radical (unpaired) electrons. The van der Waals surface area contributed by atoms with Gasteiger partial charge in [0.2, 0.25) is 22.1 Å². The van der Waals surface area contributed by atoms with E-state index in [1.165, 1.54) is 30.3 Å². The zero-order chi connectivity index (χ0) is 54.3. The molecule has 8 amide bonds. The maximum atomic E-state index is 14.9. The topological polar surface area (TPSA) is 241 Å². The van der Waals surface area contributed by atoms with E-state index in [9.17, 15) is 37.2 Å². The van der Waals surface area contributed by atoms with E-state index < -0.39 is 57.8 Å². The monoisotopic (exact) mass is 1080 g/mol. The first kappa shape index (κ1) is 55.7. The summed E-state index contributed by atoms with van der Waals surface area (Å²) in [5, 5.41) is 17.1. The van der Waals surface area contributed by atoms with Gasteiger partial charge in [0.1, 0.15) is 0 Å². The Morgan fingerprint density at radius 3 is 1.54 bits per heavy atom. The van der Waals surface area contributed by atoms with Crippen LogP contribution in [-0.2, 0) is 38.5 Å². The van der Waals surface area contributed by atoms with Crippen LogP contribution < -0.4 is 20.0 Å². The maximum absolute atomic E-state index is 14.9. The first-order valence-corrected chi connectivity index (χ1v) is 28.1. The molecule has 2 heterocycles. The molecule has 0 aromatic heterocycles. The number of nitrogens with one attached hydrogen (secondary N) is 2. The molecule has 22 heteroatoms. The smallest absolute Gasteiger partial charge is 0.271 e. The van der Waals surface area contributed by atoms with E-state index in [1.807, 2.05) is 20.8 Å². The molecule has 0 spiro atoms. The molecule has 0 bridgehead atoms. The zero-order valence-corrected chi connectivity index (χ0v) is 45.1. The van der Waals surface area contributed by atoms with Crippen LogP contribution in [0.4, 0.5) is 32.3 Å². The zero-order valence-electron chi connectivity index (χ0n) is 43.5. The van der Waals surface area contributed by atoms with Crippen LogP contribution in [0.15, 0.2) is 115 Å². The predicted molar refractivity (Wildman–Crippen MR) is 285 cm³/mol. The summed E-state index contributed by atoms with van der Waals surface area (Å²) in [6.45, 7) is 11.5. The van der Waals surface area contributed by atoms with Gasteiger partial charge in [-0.3, -0.25) is 29.0 Å². The van der Waals surface area contributed by atoms with Gasteiger partial charge < -0.3 is 0 Å². The lowest BCUT2D eigenvalue weighted by atomic mass is 9.86. The minimum absolute atomic E-state index is 0.00986. The number of azo groups is 2. The second-order valence-electron chi connectivity index (χ2n) is 19.9. The van der Waals surface area contributed by atoms with Crippen LogP contribution >= 0.6 is 12.0 Å². The van der Waals surface area contributed by atoms with E-state index in [-0.39, 0.29) is 69.2 Å². The Morgan fingerprint density at radius 1 is 0.592 bits per heavy atom. The molecule has 4 aromatic carbocycles. The van der Waals surface area contributed by atoms with Crippen molar-refractivity contribution in [1.29, 1.82) is 0 Å². The van der Waals surface area contributed by atoms with Crippen molar-refractivity contribution in [2.75, 3.05) is 22.9 Å². The highest BCUT2D eigenvalue weighted by atomic mass is 32.2. The largest absolute Gasteiger partial charge is 0.338 e. The Kier molecular flexibility index (Phi) is 18.0. The predicted octanol–water partition coefficient (Wildman–Crippen LogP) is 10.6. The highest BCUT2D eigenvalue weighted by Crippen LogP contribution is 2.41. The van der Waals surface area contributed by atoms with Gasteiger partial charge in [0.15, 0.2) is 0 Å². The second-order valence-corrected chi connectivity index (χ2v) is 22.3. The fraction of sp³-hybridized carbons (Fsp3) is 0.444. The second kappa shape index (κ2) is 24.6. The molecule has 2 aliphatic heterocycles. The lowest BCUT2D eigenvalue weighted by Gasteiger charge is -2.35. The molecular weight excluding hydrogens is 1010 g/mol. The fourth-order valence-electron chi connectivity index (χ4n) is 9.80. The molecule has 402 valence electrons. The summed E-state index contributed by atoms with van der Waals surface area (Å²) >= 11 is 0.757. The Bertz CT molecular complexity index is 3010. The standard InChI is InChI=1S/C54H64N10O10S2/c1-7-29-61-49(65)47(51(67)63(53(61)69)39-23-17-33(3)18-24-39)57-55-37-21-27-41(45(31-37)75-74-73-59-43-15-11-9-13-35(43)5)42-28-22-38(32-46(42)76(71,72)60-44-16-12-10-14-36(44)6)56-58-48-50(66)62(30-8-2)54(70)64(52(48)68)40-25-19-34(4)20-26-40/h17-28,31-32,35-36,43-44,47-48,59-60H,7-16,29-30H2,1-6H3. The number of nitrogens with zero attached hydrogens (tertiary/aromatic N) is 8. The molecule has 6 atom stereocenters. The Labute approximate surface area is 447 Å². The lowest BCUT2D eigenvalue weighted by Crippen LogP contribution is -2.62. The highest BCUT2D eigenvalue weighted by molar-refractivity contribution is 7.94. The van der Waals surface area contributed by atoms with Gasteiger partial charge in [-0.25, -0.2) is 32.5 Å². The minimum Gasteiger partial charge on any atom is -0.271 e. The van der Waals surface area contributed by atoms with Crippen molar-refractivity contribution in [3.05, 3.63) is 96.1 Å². The molecule has 2 saturated heterocycles. The van der Waals surface area contributed by atoms with Crippen molar-refractivity contribution in [2.45, 2.75) is 140 Å². The fourth-order valence-corrected chi connectivity index (χ4v) is 12.0. The molecule has 20 nitrogen and oxygen atoms in total. The third-order valence-corrected chi connectivity index (χ3v) is 16.4. The molecular formula is C54H64N10O10S2. The van der Waals surface area contributed by atoms with Gasteiger partial charge in [-0.2, -0.15) is 25.9 Å². The number of rotatable bonds is 19. The van der Waals surface area contributed by atoms with Crippen LogP contribution in [0.1, 0.15) is 103 Å². The molecule has 2 aliphatic carbocycles. The number of urea groups is 2. The summed E-state index contributed by atoms with van der Waals surface area (Å²) in [5.41, 5.74) is 5.97. The number of carbonyl (C=O) groups excluding carboxylic acids is 6. The van der Waals surface area contributed by atoms with E-state index >= 15 is 0 Å². The van der Waals surface area contributed by atoms with Crippen LogP contribution in [-0.4, -0.2) is 91.2 Å². The van der Waals surface area contributed by atoms with Crippen LogP contribution in [0.25, 0.3) is 11.1 Å². The molecule has 2 saturated carbocycles. The average molecular weight is 1080 g/mol. The number of imide groups is 4. The van der Waals surface area contributed by atoms with E-state index in [1.54, 1.807) is 68.4 Å². The third kappa shape index (κ3) is 12.3. The molecule has 76 heavy (non-hydrogen) atoms. The van der Waals surface area contributed by atoms with Gasteiger partial charge in [-0.05, 0) is 118 Å². The van der Waals surface area contributed by atoms with Gasteiger partial charge in [-0.1, -0.05) is 101 Å². The normalized spacial score (nSPS) is 23.0. The molecule has 4 aromatic rings. The van der Waals surface area contributed by atoms with E-state index in [2.05, 4.69) is 37.6 Å².